The second kappa shape index (κ2) is 6.12. The molecule has 21 heavy (non-hydrogen) atoms. The first-order valence-corrected chi connectivity index (χ1v) is 8.74. The lowest BCUT2D eigenvalue weighted by atomic mass is 9.68. The van der Waals surface area contributed by atoms with Gasteiger partial charge in [-0.2, -0.15) is 0 Å². The van der Waals surface area contributed by atoms with Gasteiger partial charge in [0.2, 0.25) is 0 Å². The van der Waals surface area contributed by atoms with Crippen LogP contribution < -0.4 is 4.90 Å². The first-order chi connectivity index (χ1) is 10.1. The van der Waals surface area contributed by atoms with Crippen LogP contribution >= 0.6 is 11.6 Å². The Kier molecular flexibility index (Phi) is 4.39. The highest BCUT2D eigenvalue weighted by molar-refractivity contribution is 6.30. The number of anilines is 1. The van der Waals surface area contributed by atoms with Gasteiger partial charge in [-0.15, -0.1) is 0 Å². The van der Waals surface area contributed by atoms with E-state index in [4.69, 9.17) is 11.6 Å². The summed E-state index contributed by atoms with van der Waals surface area (Å²) in [6.45, 7) is 6.57. The maximum atomic E-state index is 6.31. The Morgan fingerprint density at radius 3 is 2.33 bits per heavy atom. The maximum Gasteiger partial charge on any atom is 0.138 e. The topological polar surface area (TPSA) is 29.0 Å². The molecule has 1 aromatic heterocycles. The van der Waals surface area contributed by atoms with E-state index in [2.05, 4.69) is 28.7 Å². The molecule has 0 radical (unpaired) electrons. The molecule has 0 amide bonds. The zero-order valence-corrected chi connectivity index (χ0v) is 14.0. The Balaban J connectivity index is 1.76. The van der Waals surface area contributed by atoms with Crippen molar-refractivity contribution in [1.29, 1.82) is 0 Å². The van der Waals surface area contributed by atoms with Crippen molar-refractivity contribution in [2.75, 3.05) is 18.0 Å². The molecule has 1 saturated heterocycles. The average Bonchev–Trinajstić information content (AvgIpc) is 2.48. The minimum atomic E-state index is 0.360. The third-order valence-electron chi connectivity index (χ3n) is 5.43. The average molecular weight is 308 g/mol. The summed E-state index contributed by atoms with van der Waals surface area (Å²) in [5.41, 5.74) is 1.74. The predicted octanol–water partition coefficient (Wildman–Crippen LogP) is 4.80. The third kappa shape index (κ3) is 3.03. The van der Waals surface area contributed by atoms with E-state index in [-0.39, 0.29) is 0 Å². The third-order valence-corrected chi connectivity index (χ3v) is 5.73. The number of aromatic nitrogens is 2. The lowest BCUT2D eigenvalue weighted by Crippen LogP contribution is -2.42. The van der Waals surface area contributed by atoms with E-state index in [1.807, 2.05) is 0 Å². The van der Waals surface area contributed by atoms with Crippen LogP contribution in [-0.2, 0) is 0 Å². The molecule has 1 aromatic rings. The summed E-state index contributed by atoms with van der Waals surface area (Å²) in [7, 11) is 0. The molecule has 0 atom stereocenters. The molecule has 1 spiro atoms. The molecule has 0 aromatic carbocycles. The van der Waals surface area contributed by atoms with E-state index >= 15 is 0 Å². The number of rotatable bonds is 2. The second-order valence-corrected chi connectivity index (χ2v) is 7.46. The van der Waals surface area contributed by atoms with Crippen LogP contribution in [0.15, 0.2) is 6.33 Å². The molecule has 1 aliphatic heterocycles. The van der Waals surface area contributed by atoms with Gasteiger partial charge in [-0.05, 0) is 37.0 Å². The van der Waals surface area contributed by atoms with Crippen molar-refractivity contribution in [3.05, 3.63) is 17.0 Å². The minimum absolute atomic E-state index is 0.360. The van der Waals surface area contributed by atoms with Crippen LogP contribution in [0.5, 0.6) is 0 Å². The van der Waals surface area contributed by atoms with E-state index < -0.39 is 0 Å². The number of hydrogen-bond donors (Lipinski definition) is 0. The van der Waals surface area contributed by atoms with Crippen LogP contribution in [0.2, 0.25) is 5.15 Å². The highest BCUT2D eigenvalue weighted by Crippen LogP contribution is 2.45. The number of piperidine rings is 1. The molecule has 2 aliphatic rings. The molecule has 2 heterocycles. The van der Waals surface area contributed by atoms with Gasteiger partial charge < -0.3 is 4.90 Å². The quantitative estimate of drug-likeness (QED) is 0.735. The summed E-state index contributed by atoms with van der Waals surface area (Å²) in [6.07, 6.45) is 11.4. The number of halogens is 1. The van der Waals surface area contributed by atoms with Crippen molar-refractivity contribution < 1.29 is 0 Å². The first kappa shape index (κ1) is 15.1. The monoisotopic (exact) mass is 307 g/mol. The smallest absolute Gasteiger partial charge is 0.138 e. The van der Waals surface area contributed by atoms with Gasteiger partial charge in [0.1, 0.15) is 17.3 Å². The fraction of sp³-hybridized carbons (Fsp3) is 0.765. The van der Waals surface area contributed by atoms with Crippen LogP contribution in [-0.4, -0.2) is 23.1 Å². The van der Waals surface area contributed by atoms with Crippen LogP contribution in [0.1, 0.15) is 70.3 Å². The Hall–Kier alpha value is -0.830. The van der Waals surface area contributed by atoms with E-state index in [0.29, 0.717) is 16.5 Å². The highest BCUT2D eigenvalue weighted by atomic mass is 35.5. The van der Waals surface area contributed by atoms with Gasteiger partial charge in [0, 0.05) is 18.7 Å². The lowest BCUT2D eigenvalue weighted by molar-refractivity contribution is 0.144. The van der Waals surface area contributed by atoms with Crippen molar-refractivity contribution in [3.8, 4) is 0 Å². The fourth-order valence-corrected chi connectivity index (χ4v) is 4.46. The molecule has 116 valence electrons. The van der Waals surface area contributed by atoms with E-state index in [1.54, 1.807) is 6.33 Å². The summed E-state index contributed by atoms with van der Waals surface area (Å²) < 4.78 is 0. The normalized spacial score (nSPS) is 22.0. The maximum absolute atomic E-state index is 6.31. The number of nitrogens with zero attached hydrogens (tertiary/aromatic N) is 3. The van der Waals surface area contributed by atoms with Crippen LogP contribution in [0.3, 0.4) is 0 Å². The summed E-state index contributed by atoms with van der Waals surface area (Å²) >= 11 is 6.31. The molecule has 1 aliphatic carbocycles. The van der Waals surface area contributed by atoms with Crippen molar-refractivity contribution in [2.45, 2.75) is 64.7 Å². The van der Waals surface area contributed by atoms with Gasteiger partial charge in [0.25, 0.3) is 0 Å². The Morgan fingerprint density at radius 1 is 1.05 bits per heavy atom. The zero-order chi connectivity index (χ0) is 14.9. The SMILES string of the molecule is CC(C)c1c(Cl)ncnc1N1CCC2(CCCCC2)CC1. The molecule has 0 bridgehead atoms. The van der Waals surface area contributed by atoms with Gasteiger partial charge in [0.05, 0.1) is 0 Å². The molecule has 0 N–H and O–H groups in total. The Morgan fingerprint density at radius 2 is 1.71 bits per heavy atom. The molecule has 1 saturated carbocycles. The summed E-state index contributed by atoms with van der Waals surface area (Å²) in [5, 5.41) is 0.618. The second-order valence-electron chi connectivity index (χ2n) is 7.10. The first-order valence-electron chi connectivity index (χ1n) is 8.37. The van der Waals surface area contributed by atoms with E-state index in [0.717, 1.165) is 24.5 Å². The van der Waals surface area contributed by atoms with Gasteiger partial charge in [-0.1, -0.05) is 44.7 Å². The van der Waals surface area contributed by atoms with Crippen LogP contribution in [0.4, 0.5) is 5.82 Å². The van der Waals surface area contributed by atoms with Crippen LogP contribution in [0.25, 0.3) is 0 Å². The molecule has 2 fully saturated rings. The largest absolute Gasteiger partial charge is 0.356 e. The van der Waals surface area contributed by atoms with Gasteiger partial charge in [-0.25, -0.2) is 9.97 Å². The van der Waals surface area contributed by atoms with Crippen molar-refractivity contribution in [1.82, 2.24) is 9.97 Å². The Bertz CT molecular complexity index is 485. The van der Waals surface area contributed by atoms with E-state index in [9.17, 15) is 0 Å². The van der Waals surface area contributed by atoms with Crippen molar-refractivity contribution in [3.63, 3.8) is 0 Å². The predicted molar refractivity (Wildman–Crippen MR) is 88.1 cm³/mol. The van der Waals surface area contributed by atoms with Crippen molar-refractivity contribution in [2.24, 2.45) is 5.41 Å². The fourth-order valence-electron chi connectivity index (χ4n) is 4.11. The Labute approximate surface area is 133 Å². The molecule has 0 unspecified atom stereocenters. The summed E-state index contributed by atoms with van der Waals surface area (Å²) in [5.74, 6) is 1.43. The van der Waals surface area contributed by atoms with Crippen LogP contribution in [0, 0.1) is 5.41 Å². The summed E-state index contributed by atoms with van der Waals surface area (Å²) in [6, 6.07) is 0. The minimum Gasteiger partial charge on any atom is -0.356 e. The zero-order valence-electron chi connectivity index (χ0n) is 13.2. The highest BCUT2D eigenvalue weighted by Gasteiger charge is 2.36. The molecular formula is C17H26ClN3. The number of hydrogen-bond acceptors (Lipinski definition) is 3. The molecule has 3 rings (SSSR count). The van der Waals surface area contributed by atoms with Crippen molar-refractivity contribution >= 4 is 17.4 Å². The van der Waals surface area contributed by atoms with E-state index in [1.165, 1.54) is 44.9 Å². The standard InChI is InChI=1S/C17H26ClN3/c1-13(2)14-15(18)19-12-20-16(14)21-10-8-17(9-11-21)6-4-3-5-7-17/h12-13H,3-11H2,1-2H3. The molecule has 4 heteroatoms. The molecular weight excluding hydrogens is 282 g/mol. The van der Waals surface area contributed by atoms with Gasteiger partial charge >= 0.3 is 0 Å². The summed E-state index contributed by atoms with van der Waals surface area (Å²) in [4.78, 5) is 11.1. The lowest BCUT2D eigenvalue weighted by Gasteiger charge is -2.45. The van der Waals surface area contributed by atoms with Gasteiger partial charge in [-0.3, -0.25) is 0 Å². The van der Waals surface area contributed by atoms with Gasteiger partial charge in [0.15, 0.2) is 0 Å². The molecule has 3 nitrogen and oxygen atoms in total.